The minimum absolute atomic E-state index is 0.356. The van der Waals surface area contributed by atoms with E-state index in [1.165, 1.54) is 24.0 Å². The van der Waals surface area contributed by atoms with Crippen LogP contribution in [-0.2, 0) is 0 Å². The van der Waals surface area contributed by atoms with Gasteiger partial charge < -0.3 is 14.8 Å². The first-order chi connectivity index (χ1) is 8.26. The van der Waals surface area contributed by atoms with Crippen LogP contribution in [-0.4, -0.2) is 20.8 Å². The van der Waals surface area contributed by atoms with Crippen molar-refractivity contribution in [3.63, 3.8) is 0 Å². The van der Waals surface area contributed by atoms with E-state index in [4.69, 9.17) is 9.47 Å². The summed E-state index contributed by atoms with van der Waals surface area (Å²) in [4.78, 5) is 0. The fraction of sp³-hybridized carbons (Fsp3) is 0.571. The van der Waals surface area contributed by atoms with Crippen LogP contribution in [0.4, 0.5) is 0 Å². The lowest BCUT2D eigenvalue weighted by molar-refractivity contribution is 0.348. The van der Waals surface area contributed by atoms with Crippen LogP contribution in [0.1, 0.15) is 36.4 Å². The van der Waals surface area contributed by atoms with Gasteiger partial charge in [-0.15, -0.1) is 0 Å². The number of benzene rings is 1. The fourth-order valence-corrected chi connectivity index (χ4v) is 2.51. The third-order valence-corrected chi connectivity index (χ3v) is 3.35. The lowest BCUT2D eigenvalue weighted by Crippen LogP contribution is -2.27. The Balaban J connectivity index is 2.41. The Hall–Kier alpha value is -1.22. The maximum Gasteiger partial charge on any atom is 0.127 e. The number of methoxy groups -OCH3 is 2. The number of piperidine rings is 1. The lowest BCUT2D eigenvalue weighted by atomic mass is 9.95. The largest absolute Gasteiger partial charge is 0.496 e. The van der Waals surface area contributed by atoms with Crippen molar-refractivity contribution < 1.29 is 9.47 Å². The van der Waals surface area contributed by atoms with Crippen molar-refractivity contribution in [1.29, 1.82) is 0 Å². The number of rotatable bonds is 3. The second-order valence-electron chi connectivity index (χ2n) is 4.59. The first kappa shape index (κ1) is 12.2. The zero-order chi connectivity index (χ0) is 12.3. The summed E-state index contributed by atoms with van der Waals surface area (Å²) < 4.78 is 11.0. The standard InChI is InChI=1S/C14H21NO2/c1-10-8-12(16-2)14(13(9-10)17-3)11-6-4-5-7-15-11/h8-9,11,15H,4-7H2,1-3H3/t11-/m1/s1. The van der Waals surface area contributed by atoms with Crippen molar-refractivity contribution in [2.45, 2.75) is 32.2 Å². The summed E-state index contributed by atoms with van der Waals surface area (Å²) in [6.45, 7) is 3.13. The highest BCUT2D eigenvalue weighted by Crippen LogP contribution is 2.38. The summed E-state index contributed by atoms with van der Waals surface area (Å²) in [5.74, 6) is 1.86. The van der Waals surface area contributed by atoms with Crippen molar-refractivity contribution in [3.8, 4) is 11.5 Å². The topological polar surface area (TPSA) is 30.5 Å². The molecule has 17 heavy (non-hydrogen) atoms. The van der Waals surface area contributed by atoms with Gasteiger partial charge in [0.1, 0.15) is 11.5 Å². The van der Waals surface area contributed by atoms with Gasteiger partial charge in [-0.05, 0) is 44.0 Å². The van der Waals surface area contributed by atoms with E-state index >= 15 is 0 Å². The molecule has 0 saturated carbocycles. The highest BCUT2D eigenvalue weighted by Gasteiger charge is 2.22. The lowest BCUT2D eigenvalue weighted by Gasteiger charge is -2.27. The van der Waals surface area contributed by atoms with Crippen LogP contribution in [0, 0.1) is 6.92 Å². The third kappa shape index (κ3) is 2.55. The highest BCUT2D eigenvalue weighted by atomic mass is 16.5. The van der Waals surface area contributed by atoms with Crippen molar-refractivity contribution >= 4 is 0 Å². The van der Waals surface area contributed by atoms with Gasteiger partial charge in [0, 0.05) is 6.04 Å². The third-order valence-electron chi connectivity index (χ3n) is 3.35. The van der Waals surface area contributed by atoms with E-state index in [-0.39, 0.29) is 0 Å². The van der Waals surface area contributed by atoms with Gasteiger partial charge in [-0.2, -0.15) is 0 Å². The Morgan fingerprint density at radius 3 is 2.24 bits per heavy atom. The molecule has 0 amide bonds. The first-order valence-electron chi connectivity index (χ1n) is 6.22. The maximum atomic E-state index is 5.50. The Bertz CT molecular complexity index is 359. The van der Waals surface area contributed by atoms with E-state index < -0.39 is 0 Å². The number of nitrogens with one attached hydrogen (secondary N) is 1. The molecule has 1 N–H and O–H groups in total. The van der Waals surface area contributed by atoms with Crippen LogP contribution < -0.4 is 14.8 Å². The molecule has 1 fully saturated rings. The van der Waals surface area contributed by atoms with Crippen LogP contribution in [0.15, 0.2) is 12.1 Å². The van der Waals surface area contributed by atoms with Gasteiger partial charge in [-0.25, -0.2) is 0 Å². The van der Waals surface area contributed by atoms with Gasteiger partial charge in [0.05, 0.1) is 19.8 Å². The molecule has 1 atom stereocenters. The number of hydrogen-bond donors (Lipinski definition) is 1. The van der Waals surface area contributed by atoms with E-state index in [1.807, 2.05) is 0 Å². The summed E-state index contributed by atoms with van der Waals surface area (Å²) in [7, 11) is 3.45. The smallest absolute Gasteiger partial charge is 0.127 e. The zero-order valence-electron chi connectivity index (χ0n) is 10.9. The Kier molecular flexibility index (Phi) is 3.89. The average molecular weight is 235 g/mol. The van der Waals surface area contributed by atoms with Crippen LogP contribution in [0.25, 0.3) is 0 Å². The van der Waals surface area contributed by atoms with Gasteiger partial charge in [0.15, 0.2) is 0 Å². The van der Waals surface area contributed by atoms with Gasteiger partial charge in [-0.1, -0.05) is 6.42 Å². The molecule has 0 spiro atoms. The molecule has 0 aliphatic carbocycles. The molecule has 3 nitrogen and oxygen atoms in total. The summed E-state index contributed by atoms with van der Waals surface area (Å²) in [6.07, 6.45) is 3.67. The molecule has 1 heterocycles. The number of ether oxygens (including phenoxy) is 2. The SMILES string of the molecule is COc1cc(C)cc(OC)c1[C@H]1CCCCN1. The molecule has 2 rings (SSSR count). The van der Waals surface area contributed by atoms with Crippen molar-refractivity contribution in [2.75, 3.05) is 20.8 Å². The number of hydrogen-bond acceptors (Lipinski definition) is 3. The molecule has 0 unspecified atom stereocenters. The summed E-state index contributed by atoms with van der Waals surface area (Å²) in [6, 6.07) is 4.51. The monoisotopic (exact) mass is 235 g/mol. The van der Waals surface area contributed by atoms with Crippen molar-refractivity contribution in [2.24, 2.45) is 0 Å². The summed E-state index contributed by atoms with van der Waals surface area (Å²) in [5, 5.41) is 3.54. The zero-order valence-corrected chi connectivity index (χ0v) is 10.9. The second kappa shape index (κ2) is 5.41. The Morgan fingerprint density at radius 1 is 1.12 bits per heavy atom. The van der Waals surface area contributed by atoms with Crippen LogP contribution >= 0.6 is 0 Å². The van der Waals surface area contributed by atoms with Crippen LogP contribution in [0.2, 0.25) is 0 Å². The Morgan fingerprint density at radius 2 is 1.76 bits per heavy atom. The van der Waals surface area contributed by atoms with E-state index in [0.717, 1.165) is 24.5 Å². The van der Waals surface area contributed by atoms with Gasteiger partial charge >= 0.3 is 0 Å². The highest BCUT2D eigenvalue weighted by molar-refractivity contribution is 5.49. The predicted octanol–water partition coefficient (Wildman–Crippen LogP) is 2.83. The molecule has 1 saturated heterocycles. The molecule has 1 aromatic carbocycles. The molecule has 3 heteroatoms. The normalized spacial score (nSPS) is 20.1. The minimum atomic E-state index is 0.356. The quantitative estimate of drug-likeness (QED) is 0.874. The van der Waals surface area contributed by atoms with Gasteiger partial charge in [0.2, 0.25) is 0 Å². The first-order valence-corrected chi connectivity index (χ1v) is 6.22. The molecule has 1 aliphatic rings. The average Bonchev–Trinajstić information content (AvgIpc) is 2.38. The molecule has 1 aromatic rings. The van der Waals surface area contributed by atoms with E-state index in [9.17, 15) is 0 Å². The Labute approximate surface area is 103 Å². The fourth-order valence-electron chi connectivity index (χ4n) is 2.51. The summed E-state index contributed by atoms with van der Waals surface area (Å²) >= 11 is 0. The molecular weight excluding hydrogens is 214 g/mol. The van der Waals surface area contributed by atoms with Crippen molar-refractivity contribution in [1.82, 2.24) is 5.32 Å². The van der Waals surface area contributed by atoms with E-state index in [2.05, 4.69) is 24.4 Å². The molecule has 0 bridgehead atoms. The molecule has 94 valence electrons. The number of aryl methyl sites for hydroxylation is 1. The van der Waals surface area contributed by atoms with E-state index in [0.29, 0.717) is 6.04 Å². The van der Waals surface area contributed by atoms with Crippen molar-refractivity contribution in [3.05, 3.63) is 23.3 Å². The van der Waals surface area contributed by atoms with Crippen LogP contribution in [0.5, 0.6) is 11.5 Å². The molecule has 1 aliphatic heterocycles. The van der Waals surface area contributed by atoms with Crippen LogP contribution in [0.3, 0.4) is 0 Å². The maximum absolute atomic E-state index is 5.50. The minimum Gasteiger partial charge on any atom is -0.496 e. The summed E-state index contributed by atoms with van der Waals surface area (Å²) in [5.41, 5.74) is 2.33. The van der Waals surface area contributed by atoms with Gasteiger partial charge in [0.25, 0.3) is 0 Å². The molecule has 0 radical (unpaired) electrons. The predicted molar refractivity (Wildman–Crippen MR) is 68.9 cm³/mol. The molecular formula is C14H21NO2. The molecule has 0 aromatic heterocycles. The van der Waals surface area contributed by atoms with Gasteiger partial charge in [-0.3, -0.25) is 0 Å². The van der Waals surface area contributed by atoms with E-state index in [1.54, 1.807) is 14.2 Å². The second-order valence-corrected chi connectivity index (χ2v) is 4.59.